The SMILES string of the molecule is CSc1nc(=O)[nH]c(C)c1C(=O)NCc1cnc[nH]1. The number of carbonyl (C=O) groups excluding carboxylic acids is 1. The van der Waals surface area contributed by atoms with Gasteiger partial charge in [0.1, 0.15) is 5.03 Å². The molecule has 1 amide bonds. The summed E-state index contributed by atoms with van der Waals surface area (Å²) in [5.41, 5.74) is 1.25. The summed E-state index contributed by atoms with van der Waals surface area (Å²) < 4.78 is 0. The maximum Gasteiger partial charge on any atom is 0.346 e. The Morgan fingerprint density at radius 3 is 2.95 bits per heavy atom. The molecule has 2 heterocycles. The fraction of sp³-hybridized carbons (Fsp3) is 0.273. The van der Waals surface area contributed by atoms with E-state index in [1.807, 2.05) is 0 Å². The van der Waals surface area contributed by atoms with Gasteiger partial charge in [0.15, 0.2) is 0 Å². The Hall–Kier alpha value is -2.09. The molecule has 2 rings (SSSR count). The Balaban J connectivity index is 2.21. The van der Waals surface area contributed by atoms with Crippen molar-refractivity contribution in [2.45, 2.75) is 18.5 Å². The highest BCUT2D eigenvalue weighted by atomic mass is 32.2. The average Bonchev–Trinajstić information content (AvgIpc) is 2.88. The highest BCUT2D eigenvalue weighted by Crippen LogP contribution is 2.17. The molecule has 3 N–H and O–H groups in total. The number of aryl methyl sites for hydroxylation is 1. The Bertz CT molecular complexity index is 635. The lowest BCUT2D eigenvalue weighted by Gasteiger charge is -2.09. The summed E-state index contributed by atoms with van der Waals surface area (Å²) in [5.74, 6) is -0.278. The molecule has 0 unspecified atom stereocenters. The summed E-state index contributed by atoms with van der Waals surface area (Å²) in [7, 11) is 0. The monoisotopic (exact) mass is 279 g/mol. The zero-order valence-corrected chi connectivity index (χ0v) is 11.3. The number of carbonyl (C=O) groups is 1. The summed E-state index contributed by atoms with van der Waals surface area (Å²) in [6.07, 6.45) is 4.95. The van der Waals surface area contributed by atoms with Gasteiger partial charge in [-0.3, -0.25) is 4.79 Å². The van der Waals surface area contributed by atoms with Gasteiger partial charge in [0.05, 0.1) is 24.1 Å². The first kappa shape index (κ1) is 13.3. The predicted octanol–water partition coefficient (Wildman–Crippen LogP) is 0.453. The fourth-order valence-electron chi connectivity index (χ4n) is 1.62. The van der Waals surface area contributed by atoms with Crippen molar-refractivity contribution in [2.24, 2.45) is 0 Å². The Morgan fingerprint density at radius 2 is 2.32 bits per heavy atom. The van der Waals surface area contributed by atoms with Crippen LogP contribution >= 0.6 is 11.8 Å². The van der Waals surface area contributed by atoms with Crippen LogP contribution in [0.4, 0.5) is 0 Å². The van der Waals surface area contributed by atoms with E-state index in [2.05, 4.69) is 25.3 Å². The molecular formula is C11H13N5O2S. The van der Waals surface area contributed by atoms with Crippen LogP contribution in [0.25, 0.3) is 0 Å². The van der Waals surface area contributed by atoms with E-state index in [9.17, 15) is 9.59 Å². The number of amides is 1. The minimum absolute atomic E-state index is 0.278. The lowest BCUT2D eigenvalue weighted by atomic mass is 10.2. The number of nitrogens with zero attached hydrogens (tertiary/aromatic N) is 2. The number of hydrogen-bond acceptors (Lipinski definition) is 5. The van der Waals surface area contributed by atoms with Crippen molar-refractivity contribution in [3.05, 3.63) is 40.0 Å². The quantitative estimate of drug-likeness (QED) is 0.557. The number of aromatic amines is 2. The molecule has 7 nitrogen and oxygen atoms in total. The molecule has 0 bridgehead atoms. The van der Waals surface area contributed by atoms with Crippen molar-refractivity contribution in [3.8, 4) is 0 Å². The van der Waals surface area contributed by atoms with Crippen LogP contribution in [0.1, 0.15) is 21.7 Å². The van der Waals surface area contributed by atoms with E-state index < -0.39 is 5.69 Å². The van der Waals surface area contributed by atoms with Crippen molar-refractivity contribution >= 4 is 17.7 Å². The van der Waals surface area contributed by atoms with Gasteiger partial charge in [0.25, 0.3) is 5.91 Å². The molecule has 2 aromatic rings. The molecule has 8 heteroatoms. The van der Waals surface area contributed by atoms with Crippen LogP contribution in [-0.2, 0) is 6.54 Å². The maximum absolute atomic E-state index is 12.1. The topological polar surface area (TPSA) is 104 Å². The van der Waals surface area contributed by atoms with Crippen LogP contribution < -0.4 is 11.0 Å². The van der Waals surface area contributed by atoms with Crippen molar-refractivity contribution in [1.29, 1.82) is 0 Å². The molecule has 0 aliphatic carbocycles. The number of hydrogen-bond donors (Lipinski definition) is 3. The van der Waals surface area contributed by atoms with Gasteiger partial charge in [-0.25, -0.2) is 9.78 Å². The molecule has 0 fully saturated rings. The predicted molar refractivity (Wildman–Crippen MR) is 71.1 cm³/mol. The van der Waals surface area contributed by atoms with Crippen LogP contribution in [-0.4, -0.2) is 32.1 Å². The Kier molecular flexibility index (Phi) is 4.00. The fourth-order valence-corrected chi connectivity index (χ4v) is 2.24. The summed E-state index contributed by atoms with van der Waals surface area (Å²) in [4.78, 5) is 36.5. The zero-order chi connectivity index (χ0) is 13.8. The summed E-state index contributed by atoms with van der Waals surface area (Å²) in [5, 5.41) is 3.17. The van der Waals surface area contributed by atoms with Gasteiger partial charge in [-0.15, -0.1) is 11.8 Å². The second-order valence-corrected chi connectivity index (χ2v) is 4.61. The first-order chi connectivity index (χ1) is 9.11. The molecule has 0 atom stereocenters. The smallest absolute Gasteiger partial charge is 0.346 e. The van der Waals surface area contributed by atoms with E-state index in [1.165, 1.54) is 11.8 Å². The van der Waals surface area contributed by atoms with Crippen LogP contribution in [0.5, 0.6) is 0 Å². The van der Waals surface area contributed by atoms with Crippen LogP contribution in [0, 0.1) is 6.92 Å². The van der Waals surface area contributed by atoms with Gasteiger partial charge in [-0.05, 0) is 13.2 Å². The number of imidazole rings is 1. The third-order valence-corrected chi connectivity index (χ3v) is 3.18. The number of thioether (sulfide) groups is 1. The van der Waals surface area contributed by atoms with Crippen molar-refractivity contribution in [1.82, 2.24) is 25.3 Å². The molecule has 0 saturated heterocycles. The van der Waals surface area contributed by atoms with Crippen molar-refractivity contribution in [3.63, 3.8) is 0 Å². The van der Waals surface area contributed by atoms with Crippen molar-refractivity contribution < 1.29 is 4.79 Å². The van der Waals surface area contributed by atoms with Crippen LogP contribution in [0.3, 0.4) is 0 Å². The summed E-state index contributed by atoms with van der Waals surface area (Å²) in [6.45, 7) is 2.01. The Morgan fingerprint density at radius 1 is 1.53 bits per heavy atom. The second kappa shape index (κ2) is 5.70. The van der Waals surface area contributed by atoms with Gasteiger partial charge in [-0.1, -0.05) is 0 Å². The van der Waals surface area contributed by atoms with E-state index in [0.717, 1.165) is 5.69 Å². The average molecular weight is 279 g/mol. The molecule has 19 heavy (non-hydrogen) atoms. The highest BCUT2D eigenvalue weighted by molar-refractivity contribution is 7.98. The van der Waals surface area contributed by atoms with Gasteiger partial charge < -0.3 is 15.3 Å². The number of nitrogens with one attached hydrogen (secondary N) is 3. The van der Waals surface area contributed by atoms with Crippen molar-refractivity contribution in [2.75, 3.05) is 6.26 Å². The third-order valence-electron chi connectivity index (χ3n) is 2.50. The molecule has 100 valence electrons. The van der Waals surface area contributed by atoms with Crippen LogP contribution in [0.2, 0.25) is 0 Å². The van der Waals surface area contributed by atoms with Crippen LogP contribution in [0.15, 0.2) is 22.3 Å². The zero-order valence-electron chi connectivity index (χ0n) is 10.5. The molecule has 0 aliphatic rings. The van der Waals surface area contributed by atoms with E-state index in [4.69, 9.17) is 0 Å². The first-order valence-electron chi connectivity index (χ1n) is 5.52. The standard InChI is InChI=1S/C11H13N5O2S/c1-6-8(10(19-2)16-11(18)15-6)9(17)13-4-7-3-12-5-14-7/h3,5H,4H2,1-2H3,(H,12,14)(H,13,17)(H,15,16,18). The third kappa shape index (κ3) is 3.02. The molecule has 0 aliphatic heterocycles. The lowest BCUT2D eigenvalue weighted by molar-refractivity contribution is 0.0945. The molecule has 2 aromatic heterocycles. The van der Waals surface area contributed by atoms with E-state index >= 15 is 0 Å². The number of rotatable bonds is 4. The maximum atomic E-state index is 12.1. The van der Waals surface area contributed by atoms with E-state index in [-0.39, 0.29) is 5.91 Å². The Labute approximate surface area is 113 Å². The van der Waals surface area contributed by atoms with E-state index in [0.29, 0.717) is 22.8 Å². The summed E-state index contributed by atoms with van der Waals surface area (Å²) >= 11 is 1.26. The minimum Gasteiger partial charge on any atom is -0.347 e. The van der Waals surface area contributed by atoms with Gasteiger partial charge in [-0.2, -0.15) is 4.98 Å². The van der Waals surface area contributed by atoms with Gasteiger partial charge in [0, 0.05) is 11.9 Å². The van der Waals surface area contributed by atoms with Gasteiger partial charge >= 0.3 is 5.69 Å². The minimum atomic E-state index is -0.452. The van der Waals surface area contributed by atoms with Gasteiger partial charge in [0.2, 0.25) is 0 Å². The normalized spacial score (nSPS) is 10.4. The molecule has 0 spiro atoms. The number of aromatic nitrogens is 4. The molecule has 0 radical (unpaired) electrons. The number of H-pyrrole nitrogens is 2. The lowest BCUT2D eigenvalue weighted by Crippen LogP contribution is -2.27. The molecule has 0 aromatic carbocycles. The molecule has 0 saturated carbocycles. The highest BCUT2D eigenvalue weighted by Gasteiger charge is 2.16. The summed E-state index contributed by atoms with van der Waals surface area (Å²) in [6, 6.07) is 0. The second-order valence-electron chi connectivity index (χ2n) is 3.81. The van der Waals surface area contributed by atoms with E-state index in [1.54, 1.807) is 25.7 Å². The first-order valence-corrected chi connectivity index (χ1v) is 6.74. The largest absolute Gasteiger partial charge is 0.347 e. The molecular weight excluding hydrogens is 266 g/mol.